The molecule has 0 aromatic carbocycles. The van der Waals surface area contributed by atoms with E-state index in [0.717, 1.165) is 18.8 Å². The molecule has 1 aromatic heterocycles. The minimum absolute atomic E-state index is 0.696. The highest BCUT2D eigenvalue weighted by Gasteiger charge is 2.19. The third-order valence-corrected chi connectivity index (χ3v) is 3.01. The van der Waals surface area contributed by atoms with E-state index in [0.29, 0.717) is 6.04 Å². The maximum Gasteiger partial charge on any atom is 0.0964 e. The number of nitrogens with zero attached hydrogens (tertiary/aromatic N) is 4. The third-order valence-electron chi connectivity index (χ3n) is 3.01. The summed E-state index contributed by atoms with van der Waals surface area (Å²) in [5, 5.41) is 11.4. The van der Waals surface area contributed by atoms with E-state index in [1.165, 1.54) is 19.4 Å². The molecule has 1 aliphatic heterocycles. The SMILES string of the molecule is CN1CCCC1CNCc1cn(C)nn1. The van der Waals surface area contributed by atoms with E-state index in [9.17, 15) is 0 Å². The first-order chi connectivity index (χ1) is 7.25. The first-order valence-corrected chi connectivity index (χ1v) is 5.52. The lowest BCUT2D eigenvalue weighted by Gasteiger charge is -2.19. The van der Waals surface area contributed by atoms with E-state index in [4.69, 9.17) is 0 Å². The molecule has 1 fully saturated rings. The molecule has 1 aliphatic rings. The second-order valence-electron chi connectivity index (χ2n) is 4.29. The summed E-state index contributed by atoms with van der Waals surface area (Å²) in [4.78, 5) is 2.42. The summed E-state index contributed by atoms with van der Waals surface area (Å²) in [6.07, 6.45) is 4.59. The molecule has 1 N–H and O–H groups in total. The van der Waals surface area contributed by atoms with Crippen molar-refractivity contribution in [1.29, 1.82) is 0 Å². The van der Waals surface area contributed by atoms with Crippen LogP contribution in [0.4, 0.5) is 0 Å². The molecule has 0 bridgehead atoms. The van der Waals surface area contributed by atoms with Gasteiger partial charge >= 0.3 is 0 Å². The predicted octanol–water partition coefficient (Wildman–Crippen LogP) is -0.00110. The molecule has 1 atom stereocenters. The van der Waals surface area contributed by atoms with Crippen LogP contribution in [0.1, 0.15) is 18.5 Å². The maximum atomic E-state index is 4.04. The molecule has 2 rings (SSSR count). The summed E-state index contributed by atoms with van der Waals surface area (Å²) in [5.74, 6) is 0. The summed E-state index contributed by atoms with van der Waals surface area (Å²) in [7, 11) is 4.09. The lowest BCUT2D eigenvalue weighted by Crippen LogP contribution is -2.35. The average Bonchev–Trinajstić information content (AvgIpc) is 2.77. The van der Waals surface area contributed by atoms with Crippen LogP contribution in [0.3, 0.4) is 0 Å². The third kappa shape index (κ3) is 2.76. The smallest absolute Gasteiger partial charge is 0.0964 e. The van der Waals surface area contributed by atoms with Gasteiger partial charge < -0.3 is 10.2 Å². The minimum atomic E-state index is 0.696. The highest BCUT2D eigenvalue weighted by Crippen LogP contribution is 2.13. The minimum Gasteiger partial charge on any atom is -0.309 e. The van der Waals surface area contributed by atoms with Gasteiger partial charge in [-0.1, -0.05) is 5.21 Å². The van der Waals surface area contributed by atoms with Crippen LogP contribution < -0.4 is 5.32 Å². The summed E-state index contributed by atoms with van der Waals surface area (Å²) in [6.45, 7) is 3.10. The highest BCUT2D eigenvalue weighted by atomic mass is 15.4. The number of likely N-dealkylation sites (N-methyl/N-ethyl adjacent to an activating group) is 1. The number of aryl methyl sites for hydroxylation is 1. The van der Waals surface area contributed by atoms with E-state index in [1.807, 2.05) is 13.2 Å². The number of likely N-dealkylation sites (tertiary alicyclic amines) is 1. The Balaban J connectivity index is 1.70. The van der Waals surface area contributed by atoms with Gasteiger partial charge in [0.05, 0.1) is 5.69 Å². The van der Waals surface area contributed by atoms with E-state index >= 15 is 0 Å². The lowest BCUT2D eigenvalue weighted by atomic mass is 10.2. The number of hydrogen-bond donors (Lipinski definition) is 1. The van der Waals surface area contributed by atoms with Gasteiger partial charge in [-0.25, -0.2) is 0 Å². The van der Waals surface area contributed by atoms with E-state index in [1.54, 1.807) is 4.68 Å². The Morgan fingerprint density at radius 3 is 3.00 bits per heavy atom. The Labute approximate surface area is 90.5 Å². The van der Waals surface area contributed by atoms with E-state index in [2.05, 4.69) is 27.6 Å². The zero-order valence-corrected chi connectivity index (χ0v) is 9.48. The molecule has 5 nitrogen and oxygen atoms in total. The van der Waals surface area contributed by atoms with Gasteiger partial charge in [-0.05, 0) is 26.4 Å². The van der Waals surface area contributed by atoms with Crippen LogP contribution in [0.2, 0.25) is 0 Å². The highest BCUT2D eigenvalue weighted by molar-refractivity contribution is 4.91. The second-order valence-corrected chi connectivity index (χ2v) is 4.29. The van der Waals surface area contributed by atoms with Crippen LogP contribution in [0.5, 0.6) is 0 Å². The quantitative estimate of drug-likeness (QED) is 0.758. The van der Waals surface area contributed by atoms with Gasteiger partial charge in [0.2, 0.25) is 0 Å². The van der Waals surface area contributed by atoms with Gasteiger partial charge in [-0.15, -0.1) is 5.10 Å². The fraction of sp³-hybridized carbons (Fsp3) is 0.800. The van der Waals surface area contributed by atoms with Gasteiger partial charge in [-0.2, -0.15) is 0 Å². The number of hydrogen-bond acceptors (Lipinski definition) is 4. The van der Waals surface area contributed by atoms with Crippen molar-refractivity contribution in [3.8, 4) is 0 Å². The molecule has 15 heavy (non-hydrogen) atoms. The molecule has 2 heterocycles. The van der Waals surface area contributed by atoms with Gasteiger partial charge in [-0.3, -0.25) is 4.68 Å². The van der Waals surface area contributed by atoms with Crippen LogP contribution in [-0.2, 0) is 13.6 Å². The largest absolute Gasteiger partial charge is 0.309 e. The van der Waals surface area contributed by atoms with Crippen molar-refractivity contribution in [3.05, 3.63) is 11.9 Å². The van der Waals surface area contributed by atoms with Crippen LogP contribution in [-0.4, -0.2) is 46.1 Å². The second kappa shape index (κ2) is 4.72. The number of aromatic nitrogens is 3. The average molecular weight is 209 g/mol. The Hall–Kier alpha value is -0.940. The Morgan fingerprint density at radius 1 is 1.53 bits per heavy atom. The monoisotopic (exact) mass is 209 g/mol. The van der Waals surface area contributed by atoms with Crippen molar-refractivity contribution < 1.29 is 0 Å². The maximum absolute atomic E-state index is 4.04. The molecule has 0 aliphatic carbocycles. The van der Waals surface area contributed by atoms with Crippen molar-refractivity contribution in [2.45, 2.75) is 25.4 Å². The molecule has 1 aromatic rings. The number of nitrogens with one attached hydrogen (secondary N) is 1. The fourth-order valence-electron chi connectivity index (χ4n) is 2.08. The molecular weight excluding hydrogens is 190 g/mol. The molecule has 84 valence electrons. The zero-order valence-electron chi connectivity index (χ0n) is 9.48. The van der Waals surface area contributed by atoms with Gasteiger partial charge in [0.15, 0.2) is 0 Å². The molecule has 1 unspecified atom stereocenters. The summed E-state index contributed by atoms with van der Waals surface area (Å²) in [6, 6.07) is 0.696. The Bertz CT molecular complexity index is 309. The first-order valence-electron chi connectivity index (χ1n) is 5.52. The molecule has 0 spiro atoms. The zero-order chi connectivity index (χ0) is 10.7. The van der Waals surface area contributed by atoms with Gasteiger partial charge in [0, 0.05) is 32.4 Å². The van der Waals surface area contributed by atoms with Crippen LogP contribution in [0.25, 0.3) is 0 Å². The normalized spacial score (nSPS) is 22.4. The van der Waals surface area contributed by atoms with E-state index in [-0.39, 0.29) is 0 Å². The Kier molecular flexibility index (Phi) is 3.33. The van der Waals surface area contributed by atoms with E-state index < -0.39 is 0 Å². The molecule has 1 saturated heterocycles. The van der Waals surface area contributed by atoms with Gasteiger partial charge in [0.1, 0.15) is 0 Å². The molecule has 0 radical (unpaired) electrons. The van der Waals surface area contributed by atoms with Crippen LogP contribution >= 0.6 is 0 Å². The fourth-order valence-corrected chi connectivity index (χ4v) is 2.08. The van der Waals surface area contributed by atoms with Crippen LogP contribution in [0.15, 0.2) is 6.20 Å². The lowest BCUT2D eigenvalue weighted by molar-refractivity contribution is 0.300. The van der Waals surface area contributed by atoms with Gasteiger partial charge in [0.25, 0.3) is 0 Å². The summed E-state index contributed by atoms with van der Waals surface area (Å²) in [5.41, 5.74) is 1.01. The molecule has 0 amide bonds. The molecule has 0 saturated carbocycles. The van der Waals surface area contributed by atoms with Crippen molar-refractivity contribution in [3.63, 3.8) is 0 Å². The Morgan fingerprint density at radius 2 is 2.40 bits per heavy atom. The summed E-state index contributed by atoms with van der Waals surface area (Å²) >= 11 is 0. The first kappa shape index (κ1) is 10.6. The van der Waals surface area contributed by atoms with Crippen molar-refractivity contribution in [1.82, 2.24) is 25.2 Å². The molecule has 5 heteroatoms. The van der Waals surface area contributed by atoms with Crippen molar-refractivity contribution >= 4 is 0 Å². The predicted molar refractivity (Wildman–Crippen MR) is 58.4 cm³/mol. The number of rotatable bonds is 4. The topological polar surface area (TPSA) is 46.0 Å². The standard InChI is InChI=1S/C10H19N5/c1-14-5-3-4-10(14)7-11-6-9-8-15(2)13-12-9/h8,10-11H,3-7H2,1-2H3. The van der Waals surface area contributed by atoms with Crippen molar-refractivity contribution in [2.75, 3.05) is 20.1 Å². The summed E-state index contributed by atoms with van der Waals surface area (Å²) < 4.78 is 1.73. The van der Waals surface area contributed by atoms with Crippen LogP contribution in [0, 0.1) is 0 Å². The van der Waals surface area contributed by atoms with Crippen molar-refractivity contribution in [2.24, 2.45) is 7.05 Å². The molecular formula is C10H19N5.